The number of phenols is 1. The van der Waals surface area contributed by atoms with E-state index < -0.39 is 5.82 Å². The van der Waals surface area contributed by atoms with Crippen LogP contribution in [0.1, 0.15) is 23.7 Å². The summed E-state index contributed by atoms with van der Waals surface area (Å²) in [5, 5.41) is 9.34. The smallest absolute Gasteiger partial charge is 0.166 e. The number of benzene rings is 1. The molecular weight excluding hydrogens is 191 g/mol. The zero-order valence-corrected chi connectivity index (χ0v) is 7.94. The van der Waals surface area contributed by atoms with Crippen molar-refractivity contribution in [3.05, 3.63) is 23.5 Å². The Morgan fingerprint density at radius 3 is 2.77 bits per heavy atom. The van der Waals surface area contributed by atoms with Crippen LogP contribution in [0.5, 0.6) is 5.75 Å². The van der Waals surface area contributed by atoms with E-state index in [1.807, 2.05) is 0 Å². The van der Waals surface area contributed by atoms with Gasteiger partial charge in [-0.15, -0.1) is 12.6 Å². The minimum atomic E-state index is -0.631. The summed E-state index contributed by atoms with van der Waals surface area (Å²) in [4.78, 5) is 11.0. The number of ketones is 1. The molecule has 4 heteroatoms. The van der Waals surface area contributed by atoms with E-state index in [0.29, 0.717) is 0 Å². The Hall–Kier alpha value is -1.03. The number of rotatable bonds is 2. The Kier molecular flexibility index (Phi) is 2.93. The van der Waals surface area contributed by atoms with Gasteiger partial charge in [-0.3, -0.25) is 4.79 Å². The van der Waals surface area contributed by atoms with Crippen molar-refractivity contribution in [1.82, 2.24) is 0 Å². The minimum absolute atomic E-state index is 0.119. The van der Waals surface area contributed by atoms with Gasteiger partial charge in [-0.2, -0.15) is 0 Å². The molecule has 0 heterocycles. The number of hydrogen-bond donors (Lipinski definition) is 2. The fourth-order valence-electron chi connectivity index (χ4n) is 0.970. The van der Waals surface area contributed by atoms with E-state index in [0.717, 1.165) is 6.07 Å². The molecule has 70 valence electrons. The van der Waals surface area contributed by atoms with E-state index >= 15 is 0 Å². The number of Topliss-reactive ketones (excluding diaryl/α,β-unsaturated/α-hetero) is 1. The second-order valence-corrected chi connectivity index (χ2v) is 3.02. The number of carbonyl (C=O) groups excluding carboxylic acids is 1. The molecular formula is C9H9FO2S. The third-order valence-electron chi connectivity index (χ3n) is 1.72. The van der Waals surface area contributed by atoms with E-state index in [-0.39, 0.29) is 28.4 Å². The van der Waals surface area contributed by atoms with Gasteiger partial charge in [0.2, 0.25) is 0 Å². The largest absolute Gasteiger partial charge is 0.506 e. The molecule has 0 saturated heterocycles. The van der Waals surface area contributed by atoms with Gasteiger partial charge in [-0.1, -0.05) is 6.92 Å². The molecule has 0 bridgehead atoms. The summed E-state index contributed by atoms with van der Waals surface area (Å²) in [6.07, 6.45) is 0.270. The molecule has 1 aromatic carbocycles. The van der Waals surface area contributed by atoms with Crippen molar-refractivity contribution in [2.24, 2.45) is 0 Å². The van der Waals surface area contributed by atoms with Gasteiger partial charge in [-0.05, 0) is 12.1 Å². The summed E-state index contributed by atoms with van der Waals surface area (Å²) in [5.74, 6) is -1.24. The predicted octanol–water partition coefficient (Wildman–Crippen LogP) is 2.41. The number of halogens is 1. The zero-order valence-electron chi connectivity index (χ0n) is 7.04. The molecule has 1 aromatic rings. The molecule has 1 rings (SSSR count). The molecule has 0 atom stereocenters. The van der Waals surface area contributed by atoms with Crippen molar-refractivity contribution in [3.8, 4) is 5.75 Å². The van der Waals surface area contributed by atoms with Crippen LogP contribution in [0.4, 0.5) is 4.39 Å². The lowest BCUT2D eigenvalue weighted by Gasteiger charge is -2.04. The maximum atomic E-state index is 12.8. The average molecular weight is 200 g/mol. The maximum Gasteiger partial charge on any atom is 0.166 e. The normalized spacial score (nSPS) is 10.1. The molecule has 0 aliphatic heterocycles. The fraction of sp³-hybridized carbons (Fsp3) is 0.222. The van der Waals surface area contributed by atoms with Gasteiger partial charge in [0.25, 0.3) is 0 Å². The highest BCUT2D eigenvalue weighted by atomic mass is 32.1. The van der Waals surface area contributed by atoms with Crippen LogP contribution in [0.25, 0.3) is 0 Å². The molecule has 0 amide bonds. The summed E-state index contributed by atoms with van der Waals surface area (Å²) >= 11 is 3.74. The number of thiol groups is 1. The minimum Gasteiger partial charge on any atom is -0.506 e. The fourth-order valence-corrected chi connectivity index (χ4v) is 1.17. The lowest BCUT2D eigenvalue weighted by atomic mass is 10.1. The van der Waals surface area contributed by atoms with Crippen molar-refractivity contribution in [2.45, 2.75) is 18.2 Å². The second-order valence-electron chi connectivity index (χ2n) is 2.57. The Balaban J connectivity index is 3.26. The first-order valence-corrected chi connectivity index (χ1v) is 4.26. The van der Waals surface area contributed by atoms with E-state index in [1.54, 1.807) is 6.92 Å². The van der Waals surface area contributed by atoms with Gasteiger partial charge in [0.15, 0.2) is 5.78 Å². The number of carbonyl (C=O) groups is 1. The first kappa shape index (κ1) is 10.1. The summed E-state index contributed by atoms with van der Waals surface area (Å²) in [5.41, 5.74) is 0.119. The highest BCUT2D eigenvalue weighted by molar-refractivity contribution is 7.80. The third kappa shape index (κ3) is 1.83. The Morgan fingerprint density at radius 1 is 1.62 bits per heavy atom. The molecule has 0 unspecified atom stereocenters. The molecule has 0 fully saturated rings. The summed E-state index contributed by atoms with van der Waals surface area (Å²) in [7, 11) is 0. The standard InChI is InChI=1S/C9H9FO2S/c1-2-7(11)5-3-4-6(10)9(13)8(5)12/h3-4,12-13H,2H2,1H3. The summed E-state index contributed by atoms with van der Waals surface area (Å²) in [6, 6.07) is 2.38. The van der Waals surface area contributed by atoms with Crippen molar-refractivity contribution >= 4 is 18.4 Å². The SMILES string of the molecule is CCC(=O)c1ccc(F)c(S)c1O. The average Bonchev–Trinajstić information content (AvgIpc) is 2.13. The quantitative estimate of drug-likeness (QED) is 0.568. The van der Waals surface area contributed by atoms with Crippen molar-refractivity contribution in [3.63, 3.8) is 0 Å². The van der Waals surface area contributed by atoms with Gasteiger partial charge in [0.1, 0.15) is 11.6 Å². The zero-order chi connectivity index (χ0) is 10.0. The lowest BCUT2D eigenvalue weighted by molar-refractivity contribution is 0.0985. The monoisotopic (exact) mass is 200 g/mol. The second kappa shape index (κ2) is 3.79. The van der Waals surface area contributed by atoms with Gasteiger partial charge in [0.05, 0.1) is 10.5 Å². The number of aromatic hydroxyl groups is 1. The van der Waals surface area contributed by atoms with E-state index in [1.165, 1.54) is 6.07 Å². The van der Waals surface area contributed by atoms with Gasteiger partial charge in [0, 0.05) is 6.42 Å². The topological polar surface area (TPSA) is 37.3 Å². The van der Waals surface area contributed by atoms with Gasteiger partial charge >= 0.3 is 0 Å². The van der Waals surface area contributed by atoms with Crippen LogP contribution >= 0.6 is 12.6 Å². The highest BCUT2D eigenvalue weighted by Gasteiger charge is 2.13. The summed E-state index contributed by atoms with van der Waals surface area (Å²) in [6.45, 7) is 1.67. The molecule has 0 spiro atoms. The number of hydrogen-bond acceptors (Lipinski definition) is 3. The molecule has 1 N–H and O–H groups in total. The van der Waals surface area contributed by atoms with Crippen LogP contribution in [0, 0.1) is 5.82 Å². The molecule has 0 aliphatic carbocycles. The molecule has 2 nitrogen and oxygen atoms in total. The Labute approximate surface area is 80.8 Å². The van der Waals surface area contributed by atoms with Crippen LogP contribution < -0.4 is 0 Å². The van der Waals surface area contributed by atoms with Crippen LogP contribution in [-0.4, -0.2) is 10.9 Å². The molecule has 0 saturated carbocycles. The van der Waals surface area contributed by atoms with Gasteiger partial charge in [-0.25, -0.2) is 4.39 Å². The molecule has 0 aliphatic rings. The highest BCUT2D eigenvalue weighted by Crippen LogP contribution is 2.29. The third-order valence-corrected chi connectivity index (χ3v) is 2.15. The number of phenolic OH excluding ortho intramolecular Hbond substituents is 1. The van der Waals surface area contributed by atoms with E-state index in [9.17, 15) is 14.3 Å². The van der Waals surface area contributed by atoms with Crippen LogP contribution in [0.15, 0.2) is 17.0 Å². The van der Waals surface area contributed by atoms with E-state index in [2.05, 4.69) is 12.6 Å². The van der Waals surface area contributed by atoms with Gasteiger partial charge < -0.3 is 5.11 Å². The lowest BCUT2D eigenvalue weighted by Crippen LogP contribution is -1.98. The van der Waals surface area contributed by atoms with Crippen molar-refractivity contribution < 1.29 is 14.3 Å². The van der Waals surface area contributed by atoms with Crippen LogP contribution in [0.2, 0.25) is 0 Å². The maximum absolute atomic E-state index is 12.8. The summed E-state index contributed by atoms with van der Waals surface area (Å²) < 4.78 is 12.8. The van der Waals surface area contributed by atoms with Crippen molar-refractivity contribution in [2.75, 3.05) is 0 Å². The first-order chi connectivity index (χ1) is 6.07. The van der Waals surface area contributed by atoms with Crippen LogP contribution in [0.3, 0.4) is 0 Å². The first-order valence-electron chi connectivity index (χ1n) is 3.81. The van der Waals surface area contributed by atoms with Crippen molar-refractivity contribution in [1.29, 1.82) is 0 Å². The predicted molar refractivity (Wildman–Crippen MR) is 49.9 cm³/mol. The van der Waals surface area contributed by atoms with Crippen LogP contribution in [-0.2, 0) is 0 Å². The molecule has 0 aromatic heterocycles. The molecule has 13 heavy (non-hydrogen) atoms. The Morgan fingerprint density at radius 2 is 2.23 bits per heavy atom. The Bertz CT molecular complexity index is 350. The molecule has 0 radical (unpaired) electrons. The van der Waals surface area contributed by atoms with E-state index in [4.69, 9.17) is 0 Å².